The molecular formula is C10H17NO4S. The lowest BCUT2D eigenvalue weighted by atomic mass is 10.3. The lowest BCUT2D eigenvalue weighted by molar-refractivity contribution is -0.144. The van der Waals surface area contributed by atoms with Crippen LogP contribution in [0.1, 0.15) is 6.92 Å². The van der Waals surface area contributed by atoms with Crippen LogP contribution < -0.4 is 0 Å². The SMILES string of the molecule is C=CCN(C[C@@H](C=C)OC(C)=O)S(C)(=O)=O. The molecule has 0 rings (SSSR count). The molecule has 0 amide bonds. The van der Waals surface area contributed by atoms with Gasteiger partial charge in [0.1, 0.15) is 6.10 Å². The predicted molar refractivity (Wildman–Crippen MR) is 62.4 cm³/mol. The Morgan fingerprint density at radius 3 is 2.38 bits per heavy atom. The molecular weight excluding hydrogens is 230 g/mol. The highest BCUT2D eigenvalue weighted by Crippen LogP contribution is 2.04. The molecule has 0 aromatic heterocycles. The van der Waals surface area contributed by atoms with Gasteiger partial charge in [0.15, 0.2) is 0 Å². The Kier molecular flexibility index (Phi) is 5.98. The third-order valence-electron chi connectivity index (χ3n) is 1.77. The van der Waals surface area contributed by atoms with Crippen LogP contribution in [-0.4, -0.2) is 44.1 Å². The van der Waals surface area contributed by atoms with Gasteiger partial charge in [-0.25, -0.2) is 8.42 Å². The molecule has 0 aromatic carbocycles. The molecule has 6 heteroatoms. The topological polar surface area (TPSA) is 63.7 Å². The number of carbonyl (C=O) groups is 1. The minimum Gasteiger partial charge on any atom is -0.457 e. The van der Waals surface area contributed by atoms with E-state index in [2.05, 4.69) is 13.2 Å². The zero-order chi connectivity index (χ0) is 12.8. The molecule has 0 fully saturated rings. The summed E-state index contributed by atoms with van der Waals surface area (Å²) < 4.78 is 28.8. The van der Waals surface area contributed by atoms with E-state index in [1.807, 2.05) is 0 Å². The second kappa shape index (κ2) is 6.44. The number of hydrogen-bond donors (Lipinski definition) is 0. The fraction of sp³-hybridized carbons (Fsp3) is 0.500. The van der Waals surface area contributed by atoms with Crippen molar-refractivity contribution in [2.45, 2.75) is 13.0 Å². The van der Waals surface area contributed by atoms with Gasteiger partial charge in [-0.1, -0.05) is 18.7 Å². The van der Waals surface area contributed by atoms with E-state index in [-0.39, 0.29) is 13.1 Å². The smallest absolute Gasteiger partial charge is 0.303 e. The summed E-state index contributed by atoms with van der Waals surface area (Å²) >= 11 is 0. The lowest BCUT2D eigenvalue weighted by Gasteiger charge is -2.22. The van der Waals surface area contributed by atoms with Crippen molar-refractivity contribution in [1.82, 2.24) is 4.31 Å². The number of sulfonamides is 1. The van der Waals surface area contributed by atoms with Crippen molar-refractivity contribution in [2.24, 2.45) is 0 Å². The van der Waals surface area contributed by atoms with E-state index >= 15 is 0 Å². The molecule has 0 saturated carbocycles. The maximum absolute atomic E-state index is 11.4. The summed E-state index contributed by atoms with van der Waals surface area (Å²) in [6.07, 6.45) is 3.30. The van der Waals surface area contributed by atoms with Crippen molar-refractivity contribution in [3.63, 3.8) is 0 Å². The van der Waals surface area contributed by atoms with E-state index in [1.54, 1.807) is 0 Å². The third-order valence-corrected chi connectivity index (χ3v) is 3.00. The first kappa shape index (κ1) is 14.9. The monoisotopic (exact) mass is 247 g/mol. The summed E-state index contributed by atoms with van der Waals surface area (Å²) in [4.78, 5) is 10.7. The first-order valence-corrected chi connectivity index (χ1v) is 6.52. The second-order valence-corrected chi connectivity index (χ2v) is 5.23. The van der Waals surface area contributed by atoms with Gasteiger partial charge in [-0.15, -0.1) is 6.58 Å². The Bertz CT molecular complexity index is 361. The highest BCUT2D eigenvalue weighted by atomic mass is 32.2. The van der Waals surface area contributed by atoms with E-state index in [4.69, 9.17) is 4.74 Å². The van der Waals surface area contributed by atoms with Crippen LogP contribution in [0, 0.1) is 0 Å². The van der Waals surface area contributed by atoms with Gasteiger partial charge in [-0.3, -0.25) is 4.79 Å². The Hall–Kier alpha value is -1.14. The van der Waals surface area contributed by atoms with Crippen LogP contribution in [0.4, 0.5) is 0 Å². The molecule has 0 unspecified atom stereocenters. The first-order chi connectivity index (χ1) is 7.31. The first-order valence-electron chi connectivity index (χ1n) is 4.67. The molecule has 0 N–H and O–H groups in total. The van der Waals surface area contributed by atoms with Gasteiger partial charge in [-0.05, 0) is 0 Å². The fourth-order valence-electron chi connectivity index (χ4n) is 1.06. The molecule has 0 spiro atoms. The highest BCUT2D eigenvalue weighted by molar-refractivity contribution is 7.88. The third kappa shape index (κ3) is 5.67. The maximum atomic E-state index is 11.4. The number of ether oxygens (including phenoxy) is 1. The van der Waals surface area contributed by atoms with Crippen molar-refractivity contribution in [3.05, 3.63) is 25.3 Å². The standard InChI is InChI=1S/C10H17NO4S/c1-5-7-11(16(4,13)14)8-10(6-2)15-9(3)12/h5-6,10H,1-2,7-8H2,3-4H3/t10-/m1/s1. The van der Waals surface area contributed by atoms with Crippen LogP contribution >= 0.6 is 0 Å². The van der Waals surface area contributed by atoms with Crippen molar-refractivity contribution in [2.75, 3.05) is 19.3 Å². The minimum atomic E-state index is -3.35. The summed E-state index contributed by atoms with van der Waals surface area (Å²) in [5.74, 6) is -0.475. The van der Waals surface area contributed by atoms with Crippen molar-refractivity contribution in [1.29, 1.82) is 0 Å². The summed E-state index contributed by atoms with van der Waals surface area (Å²) in [7, 11) is -3.35. The molecule has 0 aliphatic rings. The Balaban J connectivity index is 4.65. The molecule has 0 heterocycles. The van der Waals surface area contributed by atoms with Crippen LogP contribution in [0.25, 0.3) is 0 Å². The van der Waals surface area contributed by atoms with Crippen molar-refractivity contribution in [3.8, 4) is 0 Å². The van der Waals surface area contributed by atoms with Crippen molar-refractivity contribution < 1.29 is 17.9 Å². The van der Waals surface area contributed by atoms with Crippen LogP contribution in [0.3, 0.4) is 0 Å². The molecule has 1 atom stereocenters. The average molecular weight is 247 g/mol. The van der Waals surface area contributed by atoms with Gasteiger partial charge in [0.25, 0.3) is 0 Å². The molecule has 0 aliphatic carbocycles. The van der Waals surface area contributed by atoms with Crippen LogP contribution in [-0.2, 0) is 19.6 Å². The zero-order valence-corrected chi connectivity index (χ0v) is 10.4. The Morgan fingerprint density at radius 1 is 1.50 bits per heavy atom. The summed E-state index contributed by atoms with van der Waals surface area (Å²) in [6, 6.07) is 0. The number of nitrogens with zero attached hydrogens (tertiary/aromatic N) is 1. The minimum absolute atomic E-state index is 0.0495. The Labute approximate surface area is 96.4 Å². The summed E-state index contributed by atoms with van der Waals surface area (Å²) in [5, 5.41) is 0. The molecule has 92 valence electrons. The van der Waals surface area contributed by atoms with Gasteiger partial charge < -0.3 is 4.74 Å². The lowest BCUT2D eigenvalue weighted by Crippen LogP contribution is -2.37. The number of rotatable bonds is 7. The van der Waals surface area contributed by atoms with Gasteiger partial charge >= 0.3 is 5.97 Å². The van der Waals surface area contributed by atoms with E-state index in [9.17, 15) is 13.2 Å². The van der Waals surface area contributed by atoms with Gasteiger partial charge in [-0.2, -0.15) is 4.31 Å². The normalized spacial score (nSPS) is 13.2. The molecule has 16 heavy (non-hydrogen) atoms. The number of carbonyl (C=O) groups excluding carboxylic acids is 1. The van der Waals surface area contributed by atoms with E-state index in [1.165, 1.54) is 19.1 Å². The highest BCUT2D eigenvalue weighted by Gasteiger charge is 2.20. The van der Waals surface area contributed by atoms with E-state index < -0.39 is 22.1 Å². The van der Waals surface area contributed by atoms with E-state index in [0.717, 1.165) is 10.6 Å². The Morgan fingerprint density at radius 2 is 2.06 bits per heavy atom. The largest absolute Gasteiger partial charge is 0.457 e. The summed E-state index contributed by atoms with van der Waals surface area (Å²) in [6.45, 7) is 8.43. The quantitative estimate of drug-likeness (QED) is 0.487. The van der Waals surface area contributed by atoms with Crippen molar-refractivity contribution >= 4 is 16.0 Å². The maximum Gasteiger partial charge on any atom is 0.303 e. The summed E-state index contributed by atoms with van der Waals surface area (Å²) in [5.41, 5.74) is 0. The average Bonchev–Trinajstić information content (AvgIpc) is 2.13. The molecule has 0 saturated heterocycles. The molecule has 0 aromatic rings. The molecule has 0 aliphatic heterocycles. The van der Waals surface area contributed by atoms with Crippen LogP contribution in [0.15, 0.2) is 25.3 Å². The van der Waals surface area contributed by atoms with Gasteiger partial charge in [0.05, 0.1) is 12.8 Å². The zero-order valence-electron chi connectivity index (χ0n) is 9.55. The number of esters is 1. The van der Waals surface area contributed by atoms with Gasteiger partial charge in [0, 0.05) is 13.5 Å². The van der Waals surface area contributed by atoms with E-state index in [0.29, 0.717) is 0 Å². The molecule has 0 bridgehead atoms. The molecule has 5 nitrogen and oxygen atoms in total. The predicted octanol–water partition coefficient (Wildman–Crippen LogP) is 0.552. The fourth-order valence-corrected chi connectivity index (χ4v) is 1.86. The number of hydrogen-bond acceptors (Lipinski definition) is 4. The van der Waals surface area contributed by atoms with Gasteiger partial charge in [0.2, 0.25) is 10.0 Å². The van der Waals surface area contributed by atoms with Crippen LogP contribution in [0.5, 0.6) is 0 Å². The molecule has 0 radical (unpaired) electrons. The second-order valence-electron chi connectivity index (χ2n) is 3.25. The van der Waals surface area contributed by atoms with Crippen LogP contribution in [0.2, 0.25) is 0 Å².